The summed E-state index contributed by atoms with van der Waals surface area (Å²) in [6, 6.07) is 36.0. The molecule has 63 heavy (non-hydrogen) atoms. The molecule has 3 aliphatic rings. The number of aliphatic hydroxyl groups is 1. The van der Waals surface area contributed by atoms with Crippen molar-refractivity contribution in [2.24, 2.45) is 5.92 Å². The third-order valence-corrected chi connectivity index (χ3v) is 11.8. The Balaban J connectivity index is 0.773. The first kappa shape index (κ1) is 43.0. The van der Waals surface area contributed by atoms with Crippen molar-refractivity contribution in [1.29, 1.82) is 0 Å². The SMILES string of the molecule is Cc1cc(CNCC(O)c2ccc(O)c3[nH]c(=O)ccc23)ccc1OCCOC(=O)c1ccc(COc2cccc([C@@H](NC(=O)OC3CN4CCC3CC4)c3ccccc3)c2)cc1. The van der Waals surface area contributed by atoms with E-state index in [1.165, 1.54) is 12.1 Å². The molecule has 1 aromatic heterocycles. The molecular weight excluding hydrogens is 801 g/mol. The summed E-state index contributed by atoms with van der Waals surface area (Å²) in [7, 11) is 0. The molecule has 3 fully saturated rings. The number of aromatic nitrogens is 1. The Labute approximate surface area is 365 Å². The molecule has 13 nitrogen and oxygen atoms in total. The number of rotatable bonds is 17. The Morgan fingerprint density at radius 3 is 2.38 bits per heavy atom. The molecule has 4 heterocycles. The van der Waals surface area contributed by atoms with Crippen LogP contribution < -0.4 is 25.7 Å². The van der Waals surface area contributed by atoms with Crippen molar-refractivity contribution >= 4 is 23.0 Å². The van der Waals surface area contributed by atoms with Crippen LogP contribution in [0.15, 0.2) is 126 Å². The summed E-state index contributed by atoms with van der Waals surface area (Å²) in [6.07, 6.45) is 0.740. The maximum Gasteiger partial charge on any atom is 0.408 e. The summed E-state index contributed by atoms with van der Waals surface area (Å²) in [6.45, 7) is 6.13. The maximum atomic E-state index is 13.2. The Kier molecular flexibility index (Phi) is 13.7. The molecule has 2 bridgehead atoms. The van der Waals surface area contributed by atoms with Crippen LogP contribution in [0.2, 0.25) is 0 Å². The van der Waals surface area contributed by atoms with Crippen molar-refractivity contribution in [2.45, 2.75) is 51.2 Å². The molecule has 2 unspecified atom stereocenters. The molecule has 0 spiro atoms. The lowest BCUT2D eigenvalue weighted by atomic mass is 9.86. The highest BCUT2D eigenvalue weighted by atomic mass is 16.6. The average molecular weight is 853 g/mol. The number of phenolic OH excluding ortho intramolecular Hbond substituents is 1. The Hall–Kier alpha value is -6.67. The third-order valence-electron chi connectivity index (χ3n) is 11.8. The zero-order valence-electron chi connectivity index (χ0n) is 35.1. The normalized spacial score (nSPS) is 17.7. The lowest BCUT2D eigenvalue weighted by Crippen LogP contribution is -2.52. The molecule has 5 aromatic carbocycles. The molecule has 9 rings (SSSR count). The second kappa shape index (κ2) is 20.0. The minimum absolute atomic E-state index is 0.0565. The highest BCUT2D eigenvalue weighted by Crippen LogP contribution is 2.32. The topological polar surface area (TPSA) is 172 Å². The van der Waals surface area contributed by atoms with Gasteiger partial charge in [0.15, 0.2) is 0 Å². The molecule has 3 aliphatic heterocycles. The number of esters is 1. The van der Waals surface area contributed by atoms with E-state index >= 15 is 0 Å². The van der Waals surface area contributed by atoms with E-state index in [2.05, 4.69) is 20.5 Å². The monoisotopic (exact) mass is 852 g/mol. The number of pyridine rings is 1. The molecule has 326 valence electrons. The van der Waals surface area contributed by atoms with Crippen LogP contribution in [0.4, 0.5) is 4.79 Å². The Morgan fingerprint density at radius 1 is 0.841 bits per heavy atom. The number of amides is 1. The predicted octanol–water partition coefficient (Wildman–Crippen LogP) is 7.09. The molecule has 13 heteroatoms. The number of aryl methyl sites for hydroxylation is 1. The third kappa shape index (κ3) is 10.9. The van der Waals surface area contributed by atoms with Crippen molar-refractivity contribution in [1.82, 2.24) is 20.5 Å². The van der Waals surface area contributed by atoms with E-state index in [0.717, 1.165) is 60.3 Å². The number of ether oxygens (including phenoxy) is 4. The standard InChI is InChI=1S/C50H52N4O9/c1-32-26-34(28-51-29-43(56)40-15-17-42(55)48-41(40)16-19-46(57)52-48)12-18-44(32)60-24-25-61-49(58)37-13-10-33(11-14-37)31-62-39-9-5-8-38(27-39)47(36-6-3-2-4-7-36)53-50(59)63-45-30-54-22-20-35(45)21-23-54/h2-19,26-27,35,43,45,47,51,55-56H,20-25,28-31H2,1H3,(H,52,57)(H,53,59)/t43?,45?,47-/m0/s1. The van der Waals surface area contributed by atoms with Gasteiger partial charge in [0, 0.05) is 31.1 Å². The van der Waals surface area contributed by atoms with Crippen LogP contribution in [0.25, 0.3) is 10.9 Å². The van der Waals surface area contributed by atoms with Gasteiger partial charge in [0.25, 0.3) is 0 Å². The fourth-order valence-electron chi connectivity index (χ4n) is 8.39. The second-order valence-electron chi connectivity index (χ2n) is 16.1. The fourth-order valence-corrected chi connectivity index (χ4v) is 8.39. The van der Waals surface area contributed by atoms with Crippen LogP contribution in [0, 0.1) is 12.8 Å². The smallest absolute Gasteiger partial charge is 0.408 e. The average Bonchev–Trinajstić information content (AvgIpc) is 3.30. The molecule has 5 N–H and O–H groups in total. The van der Waals surface area contributed by atoms with Crippen molar-refractivity contribution in [3.63, 3.8) is 0 Å². The first-order valence-corrected chi connectivity index (χ1v) is 21.4. The van der Waals surface area contributed by atoms with E-state index in [4.69, 9.17) is 18.9 Å². The number of nitrogens with one attached hydrogen (secondary N) is 3. The zero-order chi connectivity index (χ0) is 43.7. The summed E-state index contributed by atoms with van der Waals surface area (Å²) in [4.78, 5) is 42.8. The number of carbonyl (C=O) groups excluding carboxylic acids is 2. The highest BCUT2D eigenvalue weighted by Gasteiger charge is 2.37. The van der Waals surface area contributed by atoms with Gasteiger partial charge in [-0.25, -0.2) is 9.59 Å². The summed E-state index contributed by atoms with van der Waals surface area (Å²) in [5, 5.41) is 28.0. The summed E-state index contributed by atoms with van der Waals surface area (Å²) in [5.41, 5.74) is 5.53. The summed E-state index contributed by atoms with van der Waals surface area (Å²) >= 11 is 0. The van der Waals surface area contributed by atoms with Crippen molar-refractivity contribution in [3.05, 3.63) is 171 Å². The number of benzene rings is 5. The largest absolute Gasteiger partial charge is 0.506 e. The lowest BCUT2D eigenvalue weighted by molar-refractivity contribution is -0.0336. The number of H-pyrrole nitrogens is 1. The number of fused-ring (bicyclic) bond motifs is 4. The van der Waals surface area contributed by atoms with E-state index in [9.17, 15) is 24.6 Å². The van der Waals surface area contributed by atoms with E-state index in [1.807, 2.05) is 91.9 Å². The van der Waals surface area contributed by atoms with Gasteiger partial charge in [0.1, 0.15) is 43.2 Å². The molecule has 1 amide bonds. The predicted molar refractivity (Wildman–Crippen MR) is 238 cm³/mol. The Morgan fingerprint density at radius 2 is 1.62 bits per heavy atom. The van der Waals surface area contributed by atoms with Gasteiger partial charge in [-0.2, -0.15) is 0 Å². The molecule has 3 atom stereocenters. The number of alkyl carbamates (subject to hydrolysis) is 1. The van der Waals surface area contributed by atoms with Gasteiger partial charge in [-0.3, -0.25) is 9.69 Å². The minimum Gasteiger partial charge on any atom is -0.506 e. The number of carbonyl (C=O) groups is 2. The van der Waals surface area contributed by atoms with Gasteiger partial charge in [0.05, 0.1) is 23.2 Å². The van der Waals surface area contributed by atoms with Crippen LogP contribution in [0.5, 0.6) is 17.2 Å². The molecular formula is C50H52N4O9. The quantitative estimate of drug-likeness (QED) is 0.0469. The van der Waals surface area contributed by atoms with E-state index in [0.29, 0.717) is 46.0 Å². The number of nitrogens with zero attached hydrogens (tertiary/aromatic N) is 1. The first-order valence-electron chi connectivity index (χ1n) is 21.4. The number of hydrogen-bond donors (Lipinski definition) is 5. The van der Waals surface area contributed by atoms with Crippen molar-refractivity contribution < 1.29 is 38.7 Å². The van der Waals surface area contributed by atoms with Crippen molar-refractivity contribution in [3.8, 4) is 17.2 Å². The number of hydrogen-bond acceptors (Lipinski definition) is 11. The van der Waals surface area contributed by atoms with Gasteiger partial charge in [-0.15, -0.1) is 0 Å². The van der Waals surface area contributed by atoms with Gasteiger partial charge >= 0.3 is 12.1 Å². The van der Waals surface area contributed by atoms with Gasteiger partial charge in [-0.05, 0) is 115 Å². The van der Waals surface area contributed by atoms with E-state index in [-0.39, 0.29) is 43.8 Å². The Bertz CT molecular complexity index is 2570. The number of phenols is 1. The van der Waals surface area contributed by atoms with Crippen LogP contribution in [0.3, 0.4) is 0 Å². The number of aromatic amines is 1. The lowest BCUT2D eigenvalue weighted by Gasteiger charge is -2.43. The van der Waals surface area contributed by atoms with Crippen molar-refractivity contribution in [2.75, 3.05) is 39.4 Å². The molecule has 0 saturated carbocycles. The van der Waals surface area contributed by atoms with E-state index < -0.39 is 24.2 Å². The van der Waals surface area contributed by atoms with Crippen LogP contribution in [-0.4, -0.2) is 77.7 Å². The molecule has 6 aromatic rings. The number of aliphatic hydroxyl groups excluding tert-OH is 1. The highest BCUT2D eigenvalue weighted by molar-refractivity contribution is 5.89. The van der Waals surface area contributed by atoms with Gasteiger partial charge in [-0.1, -0.05) is 72.8 Å². The van der Waals surface area contributed by atoms with Gasteiger partial charge < -0.3 is 44.8 Å². The fraction of sp³-hybridized carbons (Fsp3) is 0.300. The first-order chi connectivity index (χ1) is 30.7. The van der Waals surface area contributed by atoms with E-state index in [1.54, 1.807) is 24.3 Å². The van der Waals surface area contributed by atoms with Crippen LogP contribution in [-0.2, 0) is 22.6 Å². The summed E-state index contributed by atoms with van der Waals surface area (Å²) < 4.78 is 23.5. The van der Waals surface area contributed by atoms with Gasteiger partial charge in [0.2, 0.25) is 5.56 Å². The second-order valence-corrected chi connectivity index (χ2v) is 16.1. The minimum atomic E-state index is -0.866. The number of aromatic hydroxyl groups is 1. The van der Waals surface area contributed by atoms with Crippen LogP contribution >= 0.6 is 0 Å². The molecule has 0 aliphatic carbocycles. The number of piperidine rings is 3. The molecule has 0 radical (unpaired) electrons. The maximum absolute atomic E-state index is 13.2. The van der Waals surface area contributed by atoms with Crippen LogP contribution in [0.1, 0.15) is 68.7 Å². The molecule has 3 saturated heterocycles. The zero-order valence-corrected chi connectivity index (χ0v) is 35.1. The summed E-state index contributed by atoms with van der Waals surface area (Å²) in [5.74, 6) is 1.21.